The lowest BCUT2D eigenvalue weighted by Crippen LogP contribution is -2.32. The van der Waals surface area contributed by atoms with Gasteiger partial charge in [0.1, 0.15) is 0 Å². The van der Waals surface area contributed by atoms with Crippen LogP contribution in [0.2, 0.25) is 0 Å². The van der Waals surface area contributed by atoms with Gasteiger partial charge in [-0.3, -0.25) is 0 Å². The first-order valence-corrected chi connectivity index (χ1v) is 7.05. The monoisotopic (exact) mass is 245 g/mol. The second-order valence-corrected chi connectivity index (χ2v) is 5.66. The molecule has 2 aromatic carbocycles. The van der Waals surface area contributed by atoms with Crippen LogP contribution < -0.4 is 0 Å². The molecule has 2 bridgehead atoms. The Labute approximate surface area is 114 Å². The molecule has 2 atom stereocenters. The van der Waals surface area contributed by atoms with E-state index in [9.17, 15) is 0 Å². The zero-order valence-corrected chi connectivity index (χ0v) is 10.9. The molecule has 19 heavy (non-hydrogen) atoms. The van der Waals surface area contributed by atoms with Crippen molar-refractivity contribution in [2.75, 3.05) is 0 Å². The first kappa shape index (κ1) is 11.0. The van der Waals surface area contributed by atoms with Gasteiger partial charge in [0.25, 0.3) is 0 Å². The van der Waals surface area contributed by atoms with E-state index in [0.717, 1.165) is 0 Å². The fourth-order valence-electron chi connectivity index (χ4n) is 3.86. The Kier molecular flexibility index (Phi) is 2.38. The minimum Gasteiger partial charge on any atom is -0.0847 e. The van der Waals surface area contributed by atoms with Gasteiger partial charge in [-0.1, -0.05) is 72.8 Å². The van der Waals surface area contributed by atoms with Crippen molar-refractivity contribution in [3.8, 4) is 0 Å². The number of fused-ring (bicyclic) bond motifs is 2. The van der Waals surface area contributed by atoms with E-state index < -0.39 is 0 Å². The number of allylic oxidation sites excluding steroid dienone is 2. The van der Waals surface area contributed by atoms with Crippen molar-refractivity contribution in [3.63, 3.8) is 0 Å². The average molecular weight is 245 g/mol. The Hall–Kier alpha value is -1.82. The molecule has 0 aliphatic heterocycles. The van der Waals surface area contributed by atoms with Crippen LogP contribution in [0.25, 0.3) is 0 Å². The summed E-state index contributed by atoms with van der Waals surface area (Å²) >= 11 is 0. The van der Waals surface area contributed by atoms with E-state index in [0.29, 0.717) is 11.8 Å². The molecule has 2 aromatic rings. The normalized spacial score (nSPS) is 26.7. The Morgan fingerprint density at radius 3 is 1.74 bits per heavy atom. The number of benzene rings is 2. The van der Waals surface area contributed by atoms with Crippen molar-refractivity contribution < 1.29 is 0 Å². The van der Waals surface area contributed by atoms with E-state index >= 15 is 0 Å². The SMILES string of the molecule is [CH]1C2C=CC(C2)C1(c1ccccc1)c1ccccc1. The Morgan fingerprint density at radius 1 is 0.737 bits per heavy atom. The molecule has 0 N–H and O–H groups in total. The van der Waals surface area contributed by atoms with Crippen LogP contribution in [-0.2, 0) is 5.41 Å². The first-order valence-electron chi connectivity index (χ1n) is 7.05. The fourth-order valence-corrected chi connectivity index (χ4v) is 3.86. The fraction of sp³-hybridized carbons (Fsp3) is 0.211. The molecule has 0 saturated heterocycles. The number of hydrogen-bond acceptors (Lipinski definition) is 0. The molecule has 1 saturated carbocycles. The molecule has 0 nitrogen and oxygen atoms in total. The molecule has 2 aliphatic rings. The molecular weight excluding hydrogens is 228 g/mol. The summed E-state index contributed by atoms with van der Waals surface area (Å²) in [5.74, 6) is 1.26. The summed E-state index contributed by atoms with van der Waals surface area (Å²) in [5.41, 5.74) is 2.94. The summed E-state index contributed by atoms with van der Waals surface area (Å²) in [6.45, 7) is 0. The average Bonchev–Trinajstić information content (AvgIpc) is 3.10. The van der Waals surface area contributed by atoms with E-state index in [1.807, 2.05) is 0 Å². The largest absolute Gasteiger partial charge is 0.0847 e. The topological polar surface area (TPSA) is 0 Å². The summed E-state index contributed by atoms with van der Waals surface area (Å²) in [6.07, 6.45) is 8.62. The minimum atomic E-state index is 0.0853. The maximum atomic E-state index is 2.56. The van der Waals surface area contributed by atoms with E-state index in [2.05, 4.69) is 79.2 Å². The summed E-state index contributed by atoms with van der Waals surface area (Å²) in [6, 6.07) is 21.9. The smallest absolute Gasteiger partial charge is 0.0302 e. The minimum absolute atomic E-state index is 0.0853. The van der Waals surface area contributed by atoms with Gasteiger partial charge >= 0.3 is 0 Å². The third-order valence-electron chi connectivity index (χ3n) is 4.68. The molecule has 1 radical (unpaired) electrons. The second-order valence-electron chi connectivity index (χ2n) is 5.66. The zero-order valence-electron chi connectivity index (χ0n) is 10.9. The molecule has 4 rings (SSSR count). The maximum Gasteiger partial charge on any atom is 0.0302 e. The summed E-state index contributed by atoms with van der Waals surface area (Å²) < 4.78 is 0. The lowest BCUT2D eigenvalue weighted by molar-refractivity contribution is 0.495. The second kappa shape index (κ2) is 4.09. The molecule has 2 unspecified atom stereocenters. The van der Waals surface area contributed by atoms with Crippen molar-refractivity contribution in [2.24, 2.45) is 11.8 Å². The zero-order chi connectivity index (χ0) is 12.7. The molecular formula is C19H17. The van der Waals surface area contributed by atoms with Crippen LogP contribution in [0.5, 0.6) is 0 Å². The van der Waals surface area contributed by atoms with Gasteiger partial charge in [-0.05, 0) is 35.8 Å². The van der Waals surface area contributed by atoms with Gasteiger partial charge in [0, 0.05) is 5.41 Å². The van der Waals surface area contributed by atoms with E-state index in [-0.39, 0.29) is 5.41 Å². The van der Waals surface area contributed by atoms with Gasteiger partial charge in [-0.25, -0.2) is 0 Å². The Balaban J connectivity index is 1.93. The van der Waals surface area contributed by atoms with Crippen LogP contribution in [0, 0.1) is 18.3 Å². The van der Waals surface area contributed by atoms with E-state index in [1.165, 1.54) is 17.5 Å². The molecule has 93 valence electrons. The summed E-state index contributed by atoms with van der Waals surface area (Å²) in [4.78, 5) is 0. The van der Waals surface area contributed by atoms with Gasteiger partial charge in [0.15, 0.2) is 0 Å². The highest BCUT2D eigenvalue weighted by atomic mass is 14.5. The van der Waals surface area contributed by atoms with Crippen molar-refractivity contribution in [2.45, 2.75) is 11.8 Å². The maximum absolute atomic E-state index is 2.56. The molecule has 1 fully saturated rings. The lowest BCUT2D eigenvalue weighted by Gasteiger charge is -2.37. The lowest BCUT2D eigenvalue weighted by atomic mass is 9.66. The van der Waals surface area contributed by atoms with Crippen LogP contribution in [-0.4, -0.2) is 0 Å². The predicted molar refractivity (Wildman–Crippen MR) is 78.7 cm³/mol. The predicted octanol–water partition coefficient (Wildman–Crippen LogP) is 4.38. The molecule has 0 aromatic heterocycles. The molecule has 2 aliphatic carbocycles. The van der Waals surface area contributed by atoms with Crippen LogP contribution in [0.15, 0.2) is 72.8 Å². The third-order valence-corrected chi connectivity index (χ3v) is 4.68. The standard InChI is InChI=1S/C19H17/c1-3-7-16(8-4-1)19(17-9-5-2-6-10-17)14-15-11-12-18(19)13-15/h1-12,14-15,18H,13H2. The van der Waals surface area contributed by atoms with Gasteiger partial charge < -0.3 is 0 Å². The van der Waals surface area contributed by atoms with E-state index in [1.54, 1.807) is 0 Å². The van der Waals surface area contributed by atoms with Crippen LogP contribution in [0.4, 0.5) is 0 Å². The highest BCUT2D eigenvalue weighted by Crippen LogP contribution is 2.56. The number of hydrogen-bond donors (Lipinski definition) is 0. The number of rotatable bonds is 2. The summed E-state index contributed by atoms with van der Waals surface area (Å²) in [7, 11) is 0. The van der Waals surface area contributed by atoms with Gasteiger partial charge in [0.05, 0.1) is 0 Å². The van der Waals surface area contributed by atoms with Crippen LogP contribution in [0.1, 0.15) is 17.5 Å². The molecule has 0 spiro atoms. The van der Waals surface area contributed by atoms with Crippen molar-refractivity contribution >= 4 is 0 Å². The van der Waals surface area contributed by atoms with Crippen LogP contribution >= 0.6 is 0 Å². The van der Waals surface area contributed by atoms with Crippen molar-refractivity contribution in [3.05, 3.63) is 90.4 Å². The quantitative estimate of drug-likeness (QED) is 0.689. The molecule has 0 heteroatoms. The first-order chi connectivity index (χ1) is 9.39. The molecule has 0 heterocycles. The summed E-state index contributed by atoms with van der Waals surface area (Å²) in [5, 5.41) is 0. The highest BCUT2D eigenvalue weighted by Gasteiger charge is 2.50. The van der Waals surface area contributed by atoms with Crippen molar-refractivity contribution in [1.29, 1.82) is 0 Å². The van der Waals surface area contributed by atoms with Gasteiger partial charge in [0.2, 0.25) is 0 Å². The van der Waals surface area contributed by atoms with E-state index in [4.69, 9.17) is 0 Å². The third kappa shape index (κ3) is 1.53. The van der Waals surface area contributed by atoms with Gasteiger partial charge in [-0.15, -0.1) is 0 Å². The molecule has 0 amide bonds. The van der Waals surface area contributed by atoms with Crippen LogP contribution in [0.3, 0.4) is 0 Å². The Bertz CT molecular complexity index is 555. The highest BCUT2D eigenvalue weighted by molar-refractivity contribution is 5.50. The van der Waals surface area contributed by atoms with Crippen molar-refractivity contribution in [1.82, 2.24) is 0 Å². The van der Waals surface area contributed by atoms with Gasteiger partial charge in [-0.2, -0.15) is 0 Å². The Morgan fingerprint density at radius 2 is 1.32 bits per heavy atom.